The Morgan fingerprint density at radius 2 is 1.73 bits per heavy atom. The molecule has 0 saturated heterocycles. The van der Waals surface area contributed by atoms with Gasteiger partial charge in [-0.15, -0.1) is 0 Å². The molecule has 1 amide bonds. The van der Waals surface area contributed by atoms with Crippen LogP contribution in [0.3, 0.4) is 0 Å². The number of benzene rings is 3. The summed E-state index contributed by atoms with van der Waals surface area (Å²) in [5, 5.41) is 22.6. The number of hydrogen-bond acceptors (Lipinski definition) is 6. The van der Waals surface area contributed by atoms with Gasteiger partial charge in [0.25, 0.3) is 0 Å². The first-order valence-corrected chi connectivity index (χ1v) is 10.9. The van der Waals surface area contributed by atoms with Crippen molar-refractivity contribution >= 4 is 69.7 Å². The summed E-state index contributed by atoms with van der Waals surface area (Å²) < 4.78 is 13.3. The Morgan fingerprint density at radius 1 is 0.946 bits per heavy atom. The van der Waals surface area contributed by atoms with E-state index in [2.05, 4.69) is 30.8 Å². The van der Waals surface area contributed by atoms with Crippen molar-refractivity contribution in [3.8, 4) is 11.1 Å². The van der Waals surface area contributed by atoms with Crippen molar-refractivity contribution in [2.24, 2.45) is 0 Å². The second-order valence-corrected chi connectivity index (χ2v) is 7.98. The number of aromatic nitrogens is 4. The number of aromatic carboxylic acids is 1. The van der Waals surface area contributed by atoms with Crippen LogP contribution in [0.1, 0.15) is 16.1 Å². The monoisotopic (exact) mass is 506 g/mol. The van der Waals surface area contributed by atoms with Crippen molar-refractivity contribution in [1.29, 1.82) is 0 Å². The summed E-state index contributed by atoms with van der Waals surface area (Å²) in [6.07, 6.45) is 1.46. The summed E-state index contributed by atoms with van der Waals surface area (Å²) in [7, 11) is 0. The fourth-order valence-corrected chi connectivity index (χ4v) is 3.72. The summed E-state index contributed by atoms with van der Waals surface area (Å²) in [5.74, 6) is -0.711. The maximum absolute atomic E-state index is 13.3. The van der Waals surface area contributed by atoms with Crippen LogP contribution in [0.4, 0.5) is 21.7 Å². The van der Waals surface area contributed by atoms with Crippen LogP contribution in [-0.2, 0) is 11.2 Å². The fourth-order valence-electron chi connectivity index (χ4n) is 3.72. The van der Waals surface area contributed by atoms with Crippen molar-refractivity contribution < 1.29 is 19.1 Å². The van der Waals surface area contributed by atoms with E-state index in [9.17, 15) is 14.0 Å². The molecule has 0 atom stereocenters. The number of anilines is 3. The van der Waals surface area contributed by atoms with Crippen LogP contribution in [-0.4, -0.2) is 66.7 Å². The Balaban J connectivity index is 0.00000320. The van der Waals surface area contributed by atoms with E-state index < -0.39 is 11.8 Å². The summed E-state index contributed by atoms with van der Waals surface area (Å²) in [6, 6.07) is 19.7. The van der Waals surface area contributed by atoms with Crippen LogP contribution in [0.25, 0.3) is 22.0 Å². The van der Waals surface area contributed by atoms with E-state index >= 15 is 0 Å². The first-order chi connectivity index (χ1) is 17.4. The summed E-state index contributed by atoms with van der Waals surface area (Å²) in [4.78, 5) is 32.0. The van der Waals surface area contributed by atoms with E-state index in [0.29, 0.717) is 28.5 Å². The third-order valence-electron chi connectivity index (χ3n) is 5.44. The molecule has 2 aromatic heterocycles. The molecule has 180 valence electrons. The van der Waals surface area contributed by atoms with Crippen LogP contribution in [0.2, 0.25) is 0 Å². The average Bonchev–Trinajstić information content (AvgIpc) is 3.30. The van der Waals surface area contributed by atoms with E-state index in [1.54, 1.807) is 36.4 Å². The zero-order valence-corrected chi connectivity index (χ0v) is 18.7. The number of amides is 1. The molecule has 2 heterocycles. The number of hydrogen-bond donors (Lipinski definition) is 4. The first-order valence-electron chi connectivity index (χ1n) is 10.9. The number of H-pyrrole nitrogens is 1. The molecule has 0 aliphatic rings. The molecule has 3 aromatic carbocycles. The molecular formula is C26H20FN6NaO3. The Kier molecular flexibility index (Phi) is 7.92. The van der Waals surface area contributed by atoms with Gasteiger partial charge in [-0.2, -0.15) is 5.10 Å². The zero-order valence-electron chi connectivity index (χ0n) is 18.7. The molecular weight excluding hydrogens is 486 g/mol. The van der Waals surface area contributed by atoms with Crippen LogP contribution in [0, 0.1) is 5.82 Å². The molecule has 0 radical (unpaired) electrons. The van der Waals surface area contributed by atoms with Gasteiger partial charge < -0.3 is 15.7 Å². The van der Waals surface area contributed by atoms with E-state index in [0.717, 1.165) is 16.5 Å². The summed E-state index contributed by atoms with van der Waals surface area (Å²) >= 11 is 0. The first kappa shape index (κ1) is 26.0. The van der Waals surface area contributed by atoms with Crippen molar-refractivity contribution in [2.45, 2.75) is 6.42 Å². The summed E-state index contributed by atoms with van der Waals surface area (Å²) in [5.41, 5.74) is 3.61. The molecule has 0 fully saturated rings. The number of nitrogens with zero attached hydrogens (tertiary/aromatic N) is 3. The standard InChI is InChI=1S/C26H19FN6O3.Na.H/c27-18-2-1-3-19(11-18)30-24(34)13-20-12-23(33-32-20)31-25-21-9-8-17(10-22(21)28-14-29-25)15-4-6-16(7-5-15)26(35)36;;/h1-12,14H,13H2,(H,30,34)(H,35,36)(H2,28,29,31,32,33);;. The van der Waals surface area contributed by atoms with Gasteiger partial charge >= 0.3 is 35.5 Å². The van der Waals surface area contributed by atoms with Crippen molar-refractivity contribution in [1.82, 2.24) is 20.2 Å². The molecule has 0 aliphatic carbocycles. The number of halogens is 1. The molecule has 0 spiro atoms. The van der Waals surface area contributed by atoms with Crippen LogP contribution >= 0.6 is 0 Å². The van der Waals surface area contributed by atoms with Crippen LogP contribution < -0.4 is 10.6 Å². The molecule has 0 aliphatic heterocycles. The topological polar surface area (TPSA) is 133 Å². The van der Waals surface area contributed by atoms with E-state index in [4.69, 9.17) is 5.11 Å². The number of carbonyl (C=O) groups excluding carboxylic acids is 1. The van der Waals surface area contributed by atoms with Gasteiger partial charge in [0.2, 0.25) is 5.91 Å². The quantitative estimate of drug-likeness (QED) is 0.244. The molecule has 0 saturated carbocycles. The van der Waals surface area contributed by atoms with Crippen molar-refractivity contribution in [3.05, 3.63) is 96.2 Å². The fraction of sp³-hybridized carbons (Fsp3) is 0.0385. The molecule has 11 heteroatoms. The van der Waals surface area contributed by atoms with Gasteiger partial charge in [0, 0.05) is 22.8 Å². The molecule has 5 rings (SSSR count). The van der Waals surface area contributed by atoms with Gasteiger partial charge in [-0.3, -0.25) is 9.89 Å². The van der Waals surface area contributed by atoms with Gasteiger partial charge in [-0.25, -0.2) is 19.2 Å². The zero-order chi connectivity index (χ0) is 25.1. The number of aromatic amines is 1. The molecule has 4 N–H and O–H groups in total. The van der Waals surface area contributed by atoms with Gasteiger partial charge in [-0.05, 0) is 53.6 Å². The summed E-state index contributed by atoms with van der Waals surface area (Å²) in [6.45, 7) is 0. The van der Waals surface area contributed by atoms with Gasteiger partial charge in [-0.1, -0.05) is 24.3 Å². The maximum atomic E-state index is 13.3. The number of fused-ring (bicyclic) bond motifs is 1. The second-order valence-electron chi connectivity index (χ2n) is 7.98. The Bertz CT molecular complexity index is 1590. The molecule has 9 nitrogen and oxygen atoms in total. The number of nitrogens with one attached hydrogen (secondary N) is 3. The predicted octanol–water partition coefficient (Wildman–Crippen LogP) is 4.13. The third-order valence-corrected chi connectivity index (χ3v) is 5.44. The predicted molar refractivity (Wildman–Crippen MR) is 140 cm³/mol. The minimum absolute atomic E-state index is 0. The number of carboxylic acid groups (broad SMARTS) is 1. The van der Waals surface area contributed by atoms with Crippen molar-refractivity contribution in [2.75, 3.05) is 10.6 Å². The van der Waals surface area contributed by atoms with Crippen LogP contribution in [0.15, 0.2) is 79.1 Å². The Morgan fingerprint density at radius 3 is 2.49 bits per heavy atom. The van der Waals surface area contributed by atoms with Gasteiger partial charge in [0.15, 0.2) is 5.82 Å². The van der Waals surface area contributed by atoms with Crippen molar-refractivity contribution in [3.63, 3.8) is 0 Å². The Hall–Kier alpha value is -4.12. The average molecular weight is 506 g/mol. The second kappa shape index (κ2) is 11.3. The number of carbonyl (C=O) groups is 2. The van der Waals surface area contributed by atoms with E-state index in [1.807, 2.05) is 18.2 Å². The number of rotatable bonds is 7. The molecule has 5 aromatic rings. The molecule has 37 heavy (non-hydrogen) atoms. The molecule has 0 unspecified atom stereocenters. The minimum atomic E-state index is -0.975. The normalized spacial score (nSPS) is 10.5. The number of carboxylic acids is 1. The van der Waals surface area contributed by atoms with Gasteiger partial charge in [0.1, 0.15) is 18.0 Å². The van der Waals surface area contributed by atoms with E-state index in [1.165, 1.54) is 24.5 Å². The third kappa shape index (κ3) is 6.18. The van der Waals surface area contributed by atoms with Gasteiger partial charge in [0.05, 0.1) is 17.5 Å². The molecule has 0 bridgehead atoms. The SMILES string of the molecule is O=C(Cc1cc(Nc2ncnc3cc(-c4ccc(C(=O)O)cc4)ccc23)n[nH]1)Nc1cccc(F)c1.[NaH]. The van der Waals surface area contributed by atoms with E-state index in [-0.39, 0.29) is 47.4 Å². The van der Waals surface area contributed by atoms with Crippen LogP contribution in [0.5, 0.6) is 0 Å². The Labute approximate surface area is 232 Å².